The van der Waals surface area contributed by atoms with Gasteiger partial charge in [-0.15, -0.1) is 0 Å². The van der Waals surface area contributed by atoms with Gasteiger partial charge in [0, 0.05) is 30.8 Å². The summed E-state index contributed by atoms with van der Waals surface area (Å²) in [7, 11) is 0. The molecule has 0 unspecified atom stereocenters. The normalized spacial score (nSPS) is 19.0. The van der Waals surface area contributed by atoms with Crippen LogP contribution in [0.25, 0.3) is 11.3 Å². The third kappa shape index (κ3) is 3.22. The van der Waals surface area contributed by atoms with Gasteiger partial charge in [0.15, 0.2) is 12.7 Å². The van der Waals surface area contributed by atoms with Crippen molar-refractivity contribution in [2.45, 2.75) is 59.9 Å². The molecule has 0 atom stereocenters. The van der Waals surface area contributed by atoms with Crippen molar-refractivity contribution in [1.82, 2.24) is 5.32 Å². The molecular formula is C25H31N2+. The zero-order valence-electron chi connectivity index (χ0n) is 17.2. The van der Waals surface area contributed by atoms with E-state index < -0.39 is 0 Å². The van der Waals surface area contributed by atoms with Gasteiger partial charge in [-0.1, -0.05) is 19.1 Å². The van der Waals surface area contributed by atoms with Gasteiger partial charge in [0.2, 0.25) is 5.69 Å². The molecule has 0 fully saturated rings. The molecule has 1 aromatic heterocycles. The first-order valence-electron chi connectivity index (χ1n) is 10.3. The van der Waals surface area contributed by atoms with Crippen LogP contribution in [-0.4, -0.2) is 6.54 Å². The van der Waals surface area contributed by atoms with Gasteiger partial charge in [0.25, 0.3) is 0 Å². The molecule has 3 heterocycles. The fraction of sp³-hybridized carbons (Fsp3) is 0.400. The molecule has 0 amide bonds. The molecule has 2 aromatic rings. The standard InChI is InChI=1S/C25H31N2/c1-5-20-8-6-7-9-23-21(10-13-26-20)18(3)19(4)22-12-15-27-14-11-17(2)16-24(27)25(22)23/h6-8,11,14,16,26H,5,9-10,12-13,15H2,1-4H3/q+1/b7-6-,20-8-. The lowest BCUT2D eigenvalue weighted by Crippen LogP contribution is -2.41. The number of benzene rings is 1. The van der Waals surface area contributed by atoms with E-state index in [2.05, 4.69) is 74.1 Å². The highest BCUT2D eigenvalue weighted by Crippen LogP contribution is 2.37. The highest BCUT2D eigenvalue weighted by Gasteiger charge is 2.29. The molecule has 2 heteroatoms. The lowest BCUT2D eigenvalue weighted by atomic mass is 9.81. The van der Waals surface area contributed by atoms with E-state index >= 15 is 0 Å². The number of aryl methyl sites for hydroxylation is 2. The van der Waals surface area contributed by atoms with Gasteiger partial charge in [-0.05, 0) is 79.5 Å². The second-order valence-electron chi connectivity index (χ2n) is 7.95. The SMILES string of the molecule is CC/C1=C/C=C\Cc2c(c(C)c(C)c3c2-c2cc(C)cc[n+]2CC3)CCN1. The van der Waals surface area contributed by atoms with Gasteiger partial charge in [0.05, 0.1) is 5.56 Å². The van der Waals surface area contributed by atoms with Crippen molar-refractivity contribution in [1.29, 1.82) is 0 Å². The van der Waals surface area contributed by atoms with Crippen LogP contribution in [0.2, 0.25) is 0 Å². The monoisotopic (exact) mass is 359 g/mol. The molecule has 0 saturated heterocycles. The first-order valence-corrected chi connectivity index (χ1v) is 10.3. The van der Waals surface area contributed by atoms with E-state index in [0.717, 1.165) is 38.8 Å². The van der Waals surface area contributed by atoms with Crippen molar-refractivity contribution in [3.63, 3.8) is 0 Å². The summed E-state index contributed by atoms with van der Waals surface area (Å²) in [6, 6.07) is 4.61. The Hall–Kier alpha value is -2.35. The number of nitrogens with one attached hydrogen (secondary N) is 1. The fourth-order valence-corrected chi connectivity index (χ4v) is 4.68. The molecule has 2 aliphatic rings. The van der Waals surface area contributed by atoms with Crippen molar-refractivity contribution in [3.8, 4) is 11.3 Å². The molecule has 0 aliphatic carbocycles. The Kier molecular flexibility index (Phi) is 4.90. The fourth-order valence-electron chi connectivity index (χ4n) is 4.68. The number of hydrogen-bond acceptors (Lipinski definition) is 1. The molecule has 4 rings (SSSR count). The Morgan fingerprint density at radius 2 is 1.85 bits per heavy atom. The van der Waals surface area contributed by atoms with Crippen LogP contribution in [0.1, 0.15) is 46.7 Å². The lowest BCUT2D eigenvalue weighted by Gasteiger charge is -2.26. The minimum Gasteiger partial charge on any atom is -0.388 e. The first-order chi connectivity index (χ1) is 13.1. The Bertz CT molecular complexity index is 948. The molecule has 0 bridgehead atoms. The number of aromatic nitrogens is 1. The summed E-state index contributed by atoms with van der Waals surface area (Å²) in [5.41, 5.74) is 13.2. The van der Waals surface area contributed by atoms with E-state index in [-0.39, 0.29) is 0 Å². The van der Waals surface area contributed by atoms with Crippen LogP contribution in [0, 0.1) is 20.8 Å². The summed E-state index contributed by atoms with van der Waals surface area (Å²) in [5.74, 6) is 0. The maximum atomic E-state index is 3.64. The van der Waals surface area contributed by atoms with Gasteiger partial charge in [-0.3, -0.25) is 0 Å². The Balaban J connectivity index is 1.94. The predicted molar refractivity (Wildman–Crippen MR) is 113 cm³/mol. The number of pyridine rings is 1. The highest BCUT2D eigenvalue weighted by atomic mass is 15.0. The van der Waals surface area contributed by atoms with Crippen LogP contribution in [0.15, 0.2) is 42.3 Å². The number of hydrogen-bond donors (Lipinski definition) is 1. The molecule has 27 heavy (non-hydrogen) atoms. The zero-order chi connectivity index (χ0) is 19.0. The van der Waals surface area contributed by atoms with Crippen molar-refractivity contribution in [2.24, 2.45) is 0 Å². The molecule has 0 spiro atoms. The van der Waals surface area contributed by atoms with E-state index in [1.54, 1.807) is 16.7 Å². The minimum atomic E-state index is 1.01. The molecule has 140 valence electrons. The summed E-state index contributed by atoms with van der Waals surface area (Å²) in [4.78, 5) is 0. The smallest absolute Gasteiger partial charge is 0.213 e. The lowest BCUT2D eigenvalue weighted by molar-refractivity contribution is -0.687. The molecule has 2 nitrogen and oxygen atoms in total. The molecule has 0 radical (unpaired) electrons. The number of allylic oxidation sites excluding steroid dienone is 4. The van der Waals surface area contributed by atoms with Crippen LogP contribution in [0.5, 0.6) is 0 Å². The number of rotatable bonds is 1. The van der Waals surface area contributed by atoms with Gasteiger partial charge < -0.3 is 5.32 Å². The quantitative estimate of drug-likeness (QED) is 0.732. The summed E-state index contributed by atoms with van der Waals surface area (Å²) >= 11 is 0. The predicted octanol–water partition coefficient (Wildman–Crippen LogP) is 4.66. The van der Waals surface area contributed by atoms with Crippen molar-refractivity contribution in [3.05, 3.63) is 75.6 Å². The minimum absolute atomic E-state index is 1.01. The van der Waals surface area contributed by atoms with Crippen molar-refractivity contribution in [2.75, 3.05) is 6.54 Å². The first kappa shape index (κ1) is 18.0. The van der Waals surface area contributed by atoms with Crippen LogP contribution in [0.4, 0.5) is 0 Å². The molecule has 1 N–H and O–H groups in total. The maximum absolute atomic E-state index is 3.64. The van der Waals surface area contributed by atoms with Crippen LogP contribution < -0.4 is 9.88 Å². The summed E-state index contributed by atoms with van der Waals surface area (Å²) in [6.45, 7) is 11.2. The Morgan fingerprint density at radius 3 is 2.67 bits per heavy atom. The molecule has 0 saturated carbocycles. The summed E-state index contributed by atoms with van der Waals surface area (Å²) in [5, 5.41) is 3.64. The van der Waals surface area contributed by atoms with Crippen LogP contribution >= 0.6 is 0 Å². The third-order valence-corrected chi connectivity index (χ3v) is 6.35. The second kappa shape index (κ2) is 7.34. The number of nitrogens with zero attached hydrogens (tertiary/aromatic N) is 1. The van der Waals surface area contributed by atoms with E-state index in [1.807, 2.05) is 0 Å². The maximum Gasteiger partial charge on any atom is 0.213 e. The average molecular weight is 360 g/mol. The van der Waals surface area contributed by atoms with E-state index in [1.165, 1.54) is 33.6 Å². The van der Waals surface area contributed by atoms with E-state index in [4.69, 9.17) is 0 Å². The summed E-state index contributed by atoms with van der Waals surface area (Å²) < 4.78 is 2.44. The van der Waals surface area contributed by atoms with Crippen LogP contribution in [0.3, 0.4) is 0 Å². The summed E-state index contributed by atoms with van der Waals surface area (Å²) in [6.07, 6.45) is 13.4. The van der Waals surface area contributed by atoms with Gasteiger partial charge >= 0.3 is 0 Å². The van der Waals surface area contributed by atoms with Crippen molar-refractivity contribution < 1.29 is 4.57 Å². The Morgan fingerprint density at radius 1 is 1.04 bits per heavy atom. The second-order valence-corrected chi connectivity index (χ2v) is 7.95. The van der Waals surface area contributed by atoms with E-state index in [9.17, 15) is 0 Å². The van der Waals surface area contributed by atoms with Gasteiger partial charge in [0.1, 0.15) is 0 Å². The highest BCUT2D eigenvalue weighted by molar-refractivity contribution is 5.72. The average Bonchev–Trinajstić information content (AvgIpc) is 2.68. The Labute approximate surface area is 163 Å². The topological polar surface area (TPSA) is 15.9 Å². The molecule has 2 aliphatic heterocycles. The van der Waals surface area contributed by atoms with Crippen molar-refractivity contribution >= 4 is 0 Å². The zero-order valence-corrected chi connectivity index (χ0v) is 17.2. The third-order valence-electron chi connectivity index (χ3n) is 6.35. The van der Waals surface area contributed by atoms with Gasteiger partial charge in [-0.25, -0.2) is 0 Å². The van der Waals surface area contributed by atoms with E-state index in [0.29, 0.717) is 0 Å². The van der Waals surface area contributed by atoms with Gasteiger partial charge in [-0.2, -0.15) is 4.57 Å². The van der Waals surface area contributed by atoms with Crippen LogP contribution in [-0.2, 0) is 25.8 Å². The largest absolute Gasteiger partial charge is 0.388 e. The molecular weight excluding hydrogens is 328 g/mol. The number of fused-ring (bicyclic) bond motifs is 5. The molecule has 1 aromatic carbocycles.